The van der Waals surface area contributed by atoms with Crippen LogP contribution in [0.3, 0.4) is 0 Å². The zero-order valence-electron chi connectivity index (χ0n) is 33.7. The molecule has 4 rings (SSSR count). The molecule has 0 aromatic heterocycles. The summed E-state index contributed by atoms with van der Waals surface area (Å²) in [5, 5.41) is 11.4. The van der Waals surface area contributed by atoms with Gasteiger partial charge in [0, 0.05) is 25.0 Å². The predicted molar refractivity (Wildman–Crippen MR) is 225 cm³/mol. The number of ether oxygens (including phenoxy) is 3. The summed E-state index contributed by atoms with van der Waals surface area (Å²) in [6.07, 6.45) is 4.27. The van der Waals surface area contributed by atoms with Gasteiger partial charge in [-0.25, -0.2) is 0 Å². The predicted octanol–water partition coefficient (Wildman–Crippen LogP) is 8.12. The summed E-state index contributed by atoms with van der Waals surface area (Å²) in [4.78, 5) is 47.1. The Balaban J connectivity index is -0.000000379. The van der Waals surface area contributed by atoms with Crippen LogP contribution in [0.2, 0.25) is 0 Å². The normalized spacial score (nSPS) is 17.5. The highest BCUT2D eigenvalue weighted by Crippen LogP contribution is 2.24. The quantitative estimate of drug-likeness (QED) is 0.171. The Labute approximate surface area is 329 Å². The van der Waals surface area contributed by atoms with Gasteiger partial charge < -0.3 is 35.5 Å². The zero-order chi connectivity index (χ0) is 39.6. The third-order valence-corrected chi connectivity index (χ3v) is 7.32. The topological polar surface area (TPSA) is 144 Å². The number of hydrogen-bond acceptors (Lipinski definition) is 7. The second kappa shape index (κ2) is 38.6. The van der Waals surface area contributed by atoms with E-state index in [0.29, 0.717) is 37.6 Å². The molecule has 4 amide bonds. The molecule has 54 heavy (non-hydrogen) atoms. The van der Waals surface area contributed by atoms with E-state index in [1.165, 1.54) is 0 Å². The first-order chi connectivity index (χ1) is 25.4. The fraction of sp³-hybridized carbons (Fsp3) is 0.628. The zero-order valence-corrected chi connectivity index (χ0v) is 33.7. The van der Waals surface area contributed by atoms with Crippen molar-refractivity contribution in [1.29, 1.82) is 0 Å². The van der Waals surface area contributed by atoms with Crippen molar-refractivity contribution in [2.45, 2.75) is 141 Å². The molecule has 2 unspecified atom stereocenters. The van der Waals surface area contributed by atoms with E-state index in [1.807, 2.05) is 118 Å². The van der Waals surface area contributed by atoms with E-state index < -0.39 is 6.10 Å². The average molecular weight is 763 g/mol. The molecule has 2 atom stereocenters. The second-order valence-corrected chi connectivity index (χ2v) is 10.8. The molecule has 2 aliphatic rings. The van der Waals surface area contributed by atoms with Crippen molar-refractivity contribution in [2.24, 2.45) is 5.92 Å². The Bertz CT molecular complexity index is 1060. The molecule has 1 aliphatic heterocycles. The van der Waals surface area contributed by atoms with E-state index in [2.05, 4.69) is 21.3 Å². The largest absolute Gasteiger partial charge is 0.484 e. The number of para-hydroxylation sites is 2. The Hall–Kier alpha value is -4.12. The maximum absolute atomic E-state index is 11.9. The molecule has 1 saturated heterocycles. The van der Waals surface area contributed by atoms with E-state index in [-0.39, 0.29) is 69.7 Å². The number of benzene rings is 2. The molecular weight excluding hydrogens is 684 g/mol. The fourth-order valence-corrected chi connectivity index (χ4v) is 5.05. The van der Waals surface area contributed by atoms with Crippen molar-refractivity contribution < 1.29 is 33.4 Å². The van der Waals surface area contributed by atoms with E-state index in [4.69, 9.17) is 14.2 Å². The lowest BCUT2D eigenvalue weighted by atomic mass is 9.85. The van der Waals surface area contributed by atoms with Gasteiger partial charge >= 0.3 is 0 Å². The van der Waals surface area contributed by atoms with Crippen LogP contribution in [-0.4, -0.2) is 74.7 Å². The summed E-state index contributed by atoms with van der Waals surface area (Å²) in [6, 6.07) is 18.6. The Morgan fingerprint density at radius 3 is 1.35 bits per heavy atom. The minimum Gasteiger partial charge on any atom is -0.484 e. The van der Waals surface area contributed by atoms with Crippen LogP contribution < -0.4 is 30.7 Å². The number of rotatable bonds is 12. The van der Waals surface area contributed by atoms with E-state index in [1.54, 1.807) is 12.1 Å². The minimum atomic E-state index is -0.409. The monoisotopic (exact) mass is 763 g/mol. The van der Waals surface area contributed by atoms with Gasteiger partial charge in [0.25, 0.3) is 11.8 Å². The Morgan fingerprint density at radius 2 is 0.963 bits per heavy atom. The first kappa shape index (κ1) is 56.6. The van der Waals surface area contributed by atoms with Crippen molar-refractivity contribution in [2.75, 3.05) is 32.9 Å². The lowest BCUT2D eigenvalue weighted by Gasteiger charge is -2.28. The summed E-state index contributed by atoms with van der Waals surface area (Å²) < 4.78 is 16.3. The number of likely N-dealkylation sites (N-methyl/N-ethyl adjacent to an activating group) is 1. The van der Waals surface area contributed by atoms with Crippen molar-refractivity contribution in [3.63, 3.8) is 0 Å². The highest BCUT2D eigenvalue weighted by molar-refractivity contribution is 5.81. The molecule has 4 N–H and O–H groups in total. The van der Waals surface area contributed by atoms with Crippen LogP contribution in [-0.2, 0) is 23.9 Å². The van der Waals surface area contributed by atoms with Gasteiger partial charge in [-0.2, -0.15) is 0 Å². The highest BCUT2D eigenvalue weighted by Gasteiger charge is 2.28. The molecular formula is C43H78N4O7. The number of carbonyl (C=O) groups is 4. The third-order valence-electron chi connectivity index (χ3n) is 7.32. The average Bonchev–Trinajstić information content (AvgIpc) is 3.21. The molecule has 2 fully saturated rings. The van der Waals surface area contributed by atoms with Crippen molar-refractivity contribution in [1.82, 2.24) is 21.3 Å². The smallest absolute Gasteiger partial charge is 0.258 e. The molecule has 2 aromatic carbocycles. The summed E-state index contributed by atoms with van der Waals surface area (Å²) in [7, 11) is 0. The molecule has 0 bridgehead atoms. The molecule has 1 saturated carbocycles. The standard InChI is InChI=1S/C17H24N2O3.C16H22N2O4.4C2H6.2CH4/c1-2-18-17(21)13-8-10-14(11-9-13)19-16(20)12-22-15-6-4-3-5-7-15;1-2-17-16(20)14-9-8-12(10-22-14)18-15(19)11-21-13-6-4-3-5-7-13;4*1-2;;/h3-7,13-14H,2,8-12H2,1H3,(H,18,21)(H,19,20);3-7,12,14H,2,8-11H2,1H3,(H,17,20)(H,18,19);4*1-2H3;2*1H4. The lowest BCUT2D eigenvalue weighted by molar-refractivity contribution is -0.137. The SMILES string of the molecule is C.C.CC.CC.CC.CC.CCNC(=O)C1CCC(NC(=O)COc2ccccc2)CC1.CCNC(=O)C1CCC(NC(=O)COc2ccccc2)CO1. The van der Waals surface area contributed by atoms with Crippen molar-refractivity contribution in [3.8, 4) is 11.5 Å². The molecule has 2 aromatic rings. The molecule has 11 nitrogen and oxygen atoms in total. The van der Waals surface area contributed by atoms with Gasteiger partial charge in [-0.3, -0.25) is 19.2 Å². The van der Waals surface area contributed by atoms with Gasteiger partial charge in [0.1, 0.15) is 17.6 Å². The fourth-order valence-electron chi connectivity index (χ4n) is 5.05. The summed E-state index contributed by atoms with van der Waals surface area (Å²) in [6.45, 7) is 21.4. The lowest BCUT2D eigenvalue weighted by Crippen LogP contribution is -2.48. The van der Waals surface area contributed by atoms with Gasteiger partial charge in [-0.05, 0) is 76.6 Å². The van der Waals surface area contributed by atoms with Gasteiger partial charge in [0.05, 0.1) is 12.6 Å². The van der Waals surface area contributed by atoms with Gasteiger partial charge in [0.15, 0.2) is 13.2 Å². The first-order valence-electron chi connectivity index (χ1n) is 19.5. The molecule has 1 heterocycles. The molecule has 11 heteroatoms. The van der Waals surface area contributed by atoms with E-state index >= 15 is 0 Å². The second-order valence-electron chi connectivity index (χ2n) is 10.8. The summed E-state index contributed by atoms with van der Waals surface area (Å²) in [5.41, 5.74) is 0. The van der Waals surface area contributed by atoms with Gasteiger partial charge in [-0.15, -0.1) is 0 Å². The number of amides is 4. The Kier molecular flexibility index (Phi) is 40.5. The number of carbonyl (C=O) groups excluding carboxylic acids is 4. The van der Waals surface area contributed by atoms with Crippen LogP contribution in [0.15, 0.2) is 60.7 Å². The number of nitrogens with one attached hydrogen (secondary N) is 4. The van der Waals surface area contributed by atoms with Crippen LogP contribution in [0.25, 0.3) is 0 Å². The highest BCUT2D eigenvalue weighted by atomic mass is 16.5. The van der Waals surface area contributed by atoms with Crippen molar-refractivity contribution in [3.05, 3.63) is 60.7 Å². The Morgan fingerprint density at radius 1 is 0.574 bits per heavy atom. The number of hydrogen-bond donors (Lipinski definition) is 4. The molecule has 0 spiro atoms. The van der Waals surface area contributed by atoms with Crippen LogP contribution in [0.5, 0.6) is 11.5 Å². The minimum absolute atomic E-state index is 0. The van der Waals surface area contributed by atoms with Gasteiger partial charge in [-0.1, -0.05) is 107 Å². The van der Waals surface area contributed by atoms with Crippen molar-refractivity contribution >= 4 is 23.6 Å². The summed E-state index contributed by atoms with van der Waals surface area (Å²) >= 11 is 0. The molecule has 312 valence electrons. The van der Waals surface area contributed by atoms with Gasteiger partial charge in [0.2, 0.25) is 11.8 Å². The van der Waals surface area contributed by atoms with E-state index in [9.17, 15) is 19.2 Å². The molecule has 1 aliphatic carbocycles. The first-order valence-corrected chi connectivity index (χ1v) is 19.5. The maximum atomic E-state index is 11.9. The van der Waals surface area contributed by atoms with Crippen LogP contribution in [0.4, 0.5) is 0 Å². The molecule has 0 radical (unpaired) electrons. The third kappa shape index (κ3) is 25.8. The van der Waals surface area contributed by atoms with Crippen LogP contribution in [0, 0.1) is 5.92 Å². The summed E-state index contributed by atoms with van der Waals surface area (Å²) in [5.74, 6) is 1.21. The van der Waals surface area contributed by atoms with E-state index in [0.717, 1.165) is 32.1 Å². The van der Waals surface area contributed by atoms with Crippen LogP contribution >= 0.6 is 0 Å². The van der Waals surface area contributed by atoms with Crippen LogP contribution in [0.1, 0.15) is 123 Å². The maximum Gasteiger partial charge on any atom is 0.258 e.